The number of hydrogen-bond acceptors (Lipinski definition) is 5. The first-order chi connectivity index (χ1) is 17.0. The third-order valence-electron chi connectivity index (χ3n) is 5.76. The van der Waals surface area contributed by atoms with E-state index in [0.717, 1.165) is 24.3 Å². The molecular weight excluding hydrogens is 493 g/mol. The number of imide groups is 1. The molecule has 4 rings (SSSR count). The van der Waals surface area contributed by atoms with Gasteiger partial charge in [0.25, 0.3) is 0 Å². The molecule has 2 heterocycles. The summed E-state index contributed by atoms with van der Waals surface area (Å²) in [6.45, 7) is -0.377. The van der Waals surface area contributed by atoms with E-state index in [4.69, 9.17) is 4.74 Å². The van der Waals surface area contributed by atoms with E-state index < -0.39 is 54.1 Å². The Balaban J connectivity index is 1.42. The Hall–Kier alpha value is -3.90. The summed E-state index contributed by atoms with van der Waals surface area (Å²) in [6, 6.07) is 2.75. The molecule has 13 heteroatoms. The lowest BCUT2D eigenvalue weighted by Gasteiger charge is -2.24. The third-order valence-corrected chi connectivity index (χ3v) is 5.76. The summed E-state index contributed by atoms with van der Waals surface area (Å²) in [5, 5.41) is 6.97. The van der Waals surface area contributed by atoms with Gasteiger partial charge < -0.3 is 20.1 Å². The molecule has 0 aromatic heterocycles. The Kier molecular flexibility index (Phi) is 7.00. The maximum Gasteiger partial charge on any atom is 0.573 e. The second kappa shape index (κ2) is 9.99. The molecule has 2 aliphatic heterocycles. The smallest absolute Gasteiger partial charge is 0.493 e. The predicted octanol–water partition coefficient (Wildman–Crippen LogP) is 3.32. The SMILES string of the molecule is O=C1CCC(c2c(F)cc(CNC(=O)NCc3cc(OC(F)(F)F)ccc3F)c3c2CCO3)C(=O)N1. The van der Waals surface area contributed by atoms with Gasteiger partial charge in [-0.05, 0) is 30.7 Å². The first kappa shape index (κ1) is 25.2. The van der Waals surface area contributed by atoms with Gasteiger partial charge >= 0.3 is 12.4 Å². The largest absolute Gasteiger partial charge is 0.573 e. The molecule has 1 saturated heterocycles. The number of halogens is 5. The van der Waals surface area contributed by atoms with Crippen LogP contribution in [0, 0.1) is 11.6 Å². The molecule has 0 bridgehead atoms. The fourth-order valence-corrected chi connectivity index (χ4v) is 4.21. The van der Waals surface area contributed by atoms with Crippen LogP contribution in [0.25, 0.3) is 0 Å². The van der Waals surface area contributed by atoms with Crippen molar-refractivity contribution in [3.05, 3.63) is 58.2 Å². The number of urea groups is 1. The second-order valence-corrected chi connectivity index (χ2v) is 8.18. The Morgan fingerprint density at radius 1 is 1.06 bits per heavy atom. The van der Waals surface area contributed by atoms with Crippen LogP contribution in [0.15, 0.2) is 24.3 Å². The lowest BCUT2D eigenvalue weighted by Crippen LogP contribution is -2.40. The number of rotatable bonds is 6. The van der Waals surface area contributed by atoms with E-state index in [9.17, 15) is 31.9 Å². The molecule has 0 spiro atoms. The van der Waals surface area contributed by atoms with Gasteiger partial charge in [-0.3, -0.25) is 14.9 Å². The van der Waals surface area contributed by atoms with Crippen LogP contribution in [-0.2, 0) is 29.1 Å². The van der Waals surface area contributed by atoms with Gasteiger partial charge in [-0.1, -0.05) is 0 Å². The van der Waals surface area contributed by atoms with Gasteiger partial charge in [-0.25, -0.2) is 13.6 Å². The van der Waals surface area contributed by atoms with E-state index in [1.807, 2.05) is 0 Å². The highest BCUT2D eigenvalue weighted by molar-refractivity contribution is 6.01. The normalized spacial score (nSPS) is 17.2. The fraction of sp³-hybridized carbons (Fsp3) is 0.348. The summed E-state index contributed by atoms with van der Waals surface area (Å²) in [5.41, 5.74) is 0.719. The molecule has 192 valence electrons. The maximum absolute atomic E-state index is 15.1. The Morgan fingerprint density at radius 2 is 1.78 bits per heavy atom. The van der Waals surface area contributed by atoms with E-state index >= 15 is 4.39 Å². The molecule has 0 saturated carbocycles. The van der Waals surface area contributed by atoms with Crippen LogP contribution in [0.4, 0.5) is 26.7 Å². The van der Waals surface area contributed by atoms with Crippen molar-refractivity contribution in [2.24, 2.45) is 0 Å². The minimum Gasteiger partial charge on any atom is -0.493 e. The number of fused-ring (bicyclic) bond motifs is 1. The van der Waals surface area contributed by atoms with Gasteiger partial charge in [-0.2, -0.15) is 0 Å². The molecule has 0 radical (unpaired) electrons. The Morgan fingerprint density at radius 3 is 2.47 bits per heavy atom. The molecule has 36 heavy (non-hydrogen) atoms. The minimum absolute atomic E-state index is 0.0841. The Labute approximate surface area is 201 Å². The average molecular weight is 513 g/mol. The van der Waals surface area contributed by atoms with Gasteiger partial charge in [0.2, 0.25) is 11.8 Å². The number of carbonyl (C=O) groups is 3. The standard InChI is InChI=1S/C23H20F5N3O5/c24-16-3-1-13(36-23(26,27)28)7-11(16)9-29-22(34)30-10-12-8-17(25)19(14-5-6-35-20(12)14)15-2-4-18(32)31-21(15)33/h1,3,7-8,15H,2,4-6,9-10H2,(H2,29,30,34)(H,31,32,33). The summed E-state index contributed by atoms with van der Waals surface area (Å²) in [5.74, 6) is -3.66. The van der Waals surface area contributed by atoms with Crippen molar-refractivity contribution in [3.8, 4) is 11.5 Å². The van der Waals surface area contributed by atoms with Crippen LogP contribution < -0.4 is 25.4 Å². The lowest BCUT2D eigenvalue weighted by molar-refractivity contribution is -0.274. The summed E-state index contributed by atoms with van der Waals surface area (Å²) < 4.78 is 75.5. The summed E-state index contributed by atoms with van der Waals surface area (Å²) in [6.07, 6.45) is -4.36. The van der Waals surface area contributed by atoms with Gasteiger partial charge in [0.05, 0.1) is 12.5 Å². The van der Waals surface area contributed by atoms with Gasteiger partial charge in [0.15, 0.2) is 0 Å². The molecule has 3 N–H and O–H groups in total. The van der Waals surface area contributed by atoms with Crippen molar-refractivity contribution in [3.63, 3.8) is 0 Å². The van der Waals surface area contributed by atoms with E-state index in [1.54, 1.807) is 0 Å². The van der Waals surface area contributed by atoms with Crippen molar-refractivity contribution in [1.29, 1.82) is 0 Å². The second-order valence-electron chi connectivity index (χ2n) is 8.18. The van der Waals surface area contributed by atoms with Crippen molar-refractivity contribution in [2.75, 3.05) is 6.61 Å². The number of hydrogen-bond donors (Lipinski definition) is 3. The average Bonchev–Trinajstić information content (AvgIpc) is 3.27. The number of piperidine rings is 1. The number of alkyl halides is 3. The molecule has 1 fully saturated rings. The molecule has 4 amide bonds. The highest BCUT2D eigenvalue weighted by Gasteiger charge is 2.35. The monoisotopic (exact) mass is 513 g/mol. The Bertz CT molecular complexity index is 1220. The maximum atomic E-state index is 15.1. The lowest BCUT2D eigenvalue weighted by atomic mass is 9.85. The van der Waals surface area contributed by atoms with Crippen molar-refractivity contribution in [1.82, 2.24) is 16.0 Å². The van der Waals surface area contributed by atoms with Crippen LogP contribution >= 0.6 is 0 Å². The topological polar surface area (TPSA) is 106 Å². The molecule has 2 aromatic rings. The van der Waals surface area contributed by atoms with Gasteiger partial charge in [0, 0.05) is 48.2 Å². The molecule has 0 aliphatic carbocycles. The third kappa shape index (κ3) is 5.66. The summed E-state index contributed by atoms with van der Waals surface area (Å²) in [7, 11) is 0. The number of benzene rings is 2. The number of amides is 4. The number of ether oxygens (including phenoxy) is 2. The first-order valence-electron chi connectivity index (χ1n) is 10.9. The van der Waals surface area contributed by atoms with E-state index in [1.165, 1.54) is 0 Å². The van der Waals surface area contributed by atoms with Gasteiger partial charge in [-0.15, -0.1) is 13.2 Å². The molecule has 8 nitrogen and oxygen atoms in total. The van der Waals surface area contributed by atoms with Crippen molar-refractivity contribution in [2.45, 2.75) is 44.6 Å². The van der Waals surface area contributed by atoms with Crippen molar-refractivity contribution < 1.29 is 45.8 Å². The molecule has 2 aromatic carbocycles. The summed E-state index contributed by atoms with van der Waals surface area (Å²) in [4.78, 5) is 35.9. The zero-order valence-corrected chi connectivity index (χ0v) is 18.6. The summed E-state index contributed by atoms with van der Waals surface area (Å²) >= 11 is 0. The highest BCUT2D eigenvalue weighted by atomic mass is 19.4. The van der Waals surface area contributed by atoms with Crippen LogP contribution in [0.5, 0.6) is 11.5 Å². The van der Waals surface area contributed by atoms with E-state index in [0.29, 0.717) is 23.3 Å². The van der Waals surface area contributed by atoms with Crippen LogP contribution in [0.2, 0.25) is 0 Å². The predicted molar refractivity (Wildman–Crippen MR) is 113 cm³/mol. The molecular formula is C23H20F5N3O5. The van der Waals surface area contributed by atoms with Crippen molar-refractivity contribution >= 4 is 17.8 Å². The van der Waals surface area contributed by atoms with Gasteiger partial charge in [0.1, 0.15) is 23.1 Å². The zero-order chi connectivity index (χ0) is 26.0. The molecule has 1 atom stereocenters. The van der Waals surface area contributed by atoms with Crippen LogP contribution in [0.1, 0.15) is 41.0 Å². The van der Waals surface area contributed by atoms with E-state index in [2.05, 4.69) is 20.7 Å². The first-order valence-corrected chi connectivity index (χ1v) is 10.9. The number of nitrogens with one attached hydrogen (secondary N) is 3. The fourth-order valence-electron chi connectivity index (χ4n) is 4.21. The van der Waals surface area contributed by atoms with Crippen LogP contribution in [0.3, 0.4) is 0 Å². The number of carbonyl (C=O) groups excluding carboxylic acids is 3. The minimum atomic E-state index is -4.95. The zero-order valence-electron chi connectivity index (χ0n) is 18.6. The molecule has 1 unspecified atom stereocenters. The van der Waals surface area contributed by atoms with E-state index in [-0.39, 0.29) is 37.1 Å². The highest BCUT2D eigenvalue weighted by Crippen LogP contribution is 2.40. The quantitative estimate of drug-likeness (QED) is 0.406. The van der Waals surface area contributed by atoms with Crippen LogP contribution in [-0.4, -0.2) is 30.8 Å². The molecule has 2 aliphatic rings.